The van der Waals surface area contributed by atoms with Crippen molar-refractivity contribution in [1.82, 2.24) is 9.88 Å². The van der Waals surface area contributed by atoms with Gasteiger partial charge in [0.1, 0.15) is 11.9 Å². The predicted octanol–water partition coefficient (Wildman–Crippen LogP) is 5.93. The molecule has 1 aliphatic heterocycles. The largest absolute Gasteiger partial charge is 0.485 e. The van der Waals surface area contributed by atoms with Gasteiger partial charge in [-0.3, -0.25) is 9.69 Å². The summed E-state index contributed by atoms with van der Waals surface area (Å²) in [7, 11) is 1.64. The second kappa shape index (κ2) is 11.6. The van der Waals surface area contributed by atoms with E-state index in [1.807, 2.05) is 24.3 Å². The van der Waals surface area contributed by atoms with E-state index >= 15 is 0 Å². The maximum Gasteiger partial charge on any atom is 0.306 e. The number of carboxylic acid groups (broad SMARTS) is 1. The van der Waals surface area contributed by atoms with Crippen LogP contribution in [0.15, 0.2) is 54.7 Å². The third-order valence-electron chi connectivity index (χ3n) is 7.08. The Morgan fingerprint density at radius 1 is 1.17 bits per heavy atom. The van der Waals surface area contributed by atoms with Gasteiger partial charge in [0.2, 0.25) is 5.88 Å². The molecule has 36 heavy (non-hydrogen) atoms. The molecule has 0 fully saturated rings. The minimum absolute atomic E-state index is 0.0406. The number of carbonyl (C=O) groups is 1. The monoisotopic (exact) mass is 488 g/mol. The van der Waals surface area contributed by atoms with Crippen molar-refractivity contribution in [2.24, 2.45) is 5.92 Å². The first-order chi connectivity index (χ1) is 17.4. The number of carboxylic acids is 1. The number of hydrogen-bond donors (Lipinski definition) is 1. The van der Waals surface area contributed by atoms with Crippen molar-refractivity contribution in [3.8, 4) is 22.8 Å². The number of aryl methyl sites for hydroxylation is 1. The number of methoxy groups -OCH3 is 1. The van der Waals surface area contributed by atoms with Gasteiger partial charge < -0.3 is 14.6 Å². The third kappa shape index (κ3) is 5.88. The molecule has 2 atom stereocenters. The van der Waals surface area contributed by atoms with Crippen LogP contribution in [0.3, 0.4) is 0 Å². The van der Waals surface area contributed by atoms with Gasteiger partial charge in [-0.1, -0.05) is 51.1 Å². The van der Waals surface area contributed by atoms with Crippen LogP contribution in [0.25, 0.3) is 11.1 Å². The van der Waals surface area contributed by atoms with E-state index in [9.17, 15) is 9.90 Å². The molecule has 0 spiro atoms. The summed E-state index contributed by atoms with van der Waals surface area (Å²) in [6.45, 7) is 8.92. The Morgan fingerprint density at radius 2 is 1.97 bits per heavy atom. The fraction of sp³-hybridized carbons (Fsp3) is 0.400. The first-order valence-corrected chi connectivity index (χ1v) is 12.8. The van der Waals surface area contributed by atoms with Crippen LogP contribution in [0.1, 0.15) is 55.5 Å². The Hall–Kier alpha value is -3.38. The molecule has 6 nitrogen and oxygen atoms in total. The fourth-order valence-electron chi connectivity index (χ4n) is 4.82. The average Bonchev–Trinajstić information content (AvgIpc) is 2.91. The summed E-state index contributed by atoms with van der Waals surface area (Å²) < 4.78 is 11.9. The third-order valence-corrected chi connectivity index (χ3v) is 7.08. The minimum Gasteiger partial charge on any atom is -0.485 e. The Bertz CT molecular complexity index is 1210. The first-order valence-electron chi connectivity index (χ1n) is 12.8. The molecule has 0 saturated heterocycles. The molecule has 190 valence electrons. The van der Waals surface area contributed by atoms with E-state index in [2.05, 4.69) is 48.0 Å². The number of benzene rings is 2. The van der Waals surface area contributed by atoms with E-state index in [4.69, 9.17) is 9.47 Å². The second-order valence-electron chi connectivity index (χ2n) is 9.50. The van der Waals surface area contributed by atoms with Crippen molar-refractivity contribution in [2.75, 3.05) is 20.2 Å². The summed E-state index contributed by atoms with van der Waals surface area (Å²) in [6.07, 6.45) is 4.08. The van der Waals surface area contributed by atoms with Crippen molar-refractivity contribution in [3.05, 3.63) is 77.0 Å². The Morgan fingerprint density at radius 3 is 2.69 bits per heavy atom. The Labute approximate surface area is 213 Å². The first kappa shape index (κ1) is 25.7. The molecule has 1 aromatic heterocycles. The van der Waals surface area contributed by atoms with Crippen LogP contribution >= 0.6 is 0 Å². The van der Waals surface area contributed by atoms with Gasteiger partial charge in [-0.15, -0.1) is 0 Å². The molecule has 0 amide bonds. The molecule has 6 heteroatoms. The average molecular weight is 489 g/mol. The molecule has 1 unspecified atom stereocenters. The van der Waals surface area contributed by atoms with Gasteiger partial charge in [-0.25, -0.2) is 4.98 Å². The number of nitrogens with zero attached hydrogens (tertiary/aromatic N) is 2. The molecule has 3 aromatic rings. The van der Waals surface area contributed by atoms with Gasteiger partial charge in [-0.2, -0.15) is 0 Å². The topological polar surface area (TPSA) is 71.9 Å². The molecule has 2 heterocycles. The highest BCUT2D eigenvalue weighted by Crippen LogP contribution is 2.38. The summed E-state index contributed by atoms with van der Waals surface area (Å²) in [6, 6.07) is 16.8. The van der Waals surface area contributed by atoms with Gasteiger partial charge >= 0.3 is 5.97 Å². The summed E-state index contributed by atoms with van der Waals surface area (Å²) in [5.41, 5.74) is 6.85. The number of fused-ring (bicyclic) bond motifs is 1. The molecule has 0 radical (unpaired) electrons. The molecule has 0 aliphatic carbocycles. The number of aromatic nitrogens is 1. The predicted molar refractivity (Wildman–Crippen MR) is 141 cm³/mol. The smallest absolute Gasteiger partial charge is 0.306 e. The van der Waals surface area contributed by atoms with Crippen LogP contribution in [0.5, 0.6) is 11.6 Å². The lowest BCUT2D eigenvalue weighted by Gasteiger charge is -2.28. The van der Waals surface area contributed by atoms with Crippen LogP contribution in [-0.4, -0.2) is 41.2 Å². The van der Waals surface area contributed by atoms with Crippen LogP contribution in [0.4, 0.5) is 0 Å². The zero-order valence-electron chi connectivity index (χ0n) is 21.7. The lowest BCUT2D eigenvalue weighted by Crippen LogP contribution is -2.23. The summed E-state index contributed by atoms with van der Waals surface area (Å²) in [5, 5.41) is 9.29. The molecular formula is C30H36N2O4. The van der Waals surface area contributed by atoms with Gasteiger partial charge in [0, 0.05) is 18.8 Å². The highest BCUT2D eigenvalue weighted by molar-refractivity contribution is 5.70. The van der Waals surface area contributed by atoms with Gasteiger partial charge in [0.25, 0.3) is 0 Å². The highest BCUT2D eigenvalue weighted by Gasteiger charge is 2.24. The zero-order valence-corrected chi connectivity index (χ0v) is 21.7. The van der Waals surface area contributed by atoms with Gasteiger partial charge in [-0.05, 0) is 77.9 Å². The second-order valence-corrected chi connectivity index (χ2v) is 9.50. The highest BCUT2D eigenvalue weighted by atomic mass is 16.5. The zero-order chi connectivity index (χ0) is 25.7. The van der Waals surface area contributed by atoms with E-state index in [1.54, 1.807) is 20.2 Å². The maximum absolute atomic E-state index is 11.3. The maximum atomic E-state index is 11.3. The minimum atomic E-state index is -0.779. The summed E-state index contributed by atoms with van der Waals surface area (Å²) >= 11 is 0. The Balaban J connectivity index is 1.64. The van der Waals surface area contributed by atoms with Crippen LogP contribution in [0, 0.1) is 5.92 Å². The molecular weight excluding hydrogens is 452 g/mol. The number of hydrogen-bond acceptors (Lipinski definition) is 5. The lowest BCUT2D eigenvalue weighted by molar-refractivity contribution is -0.141. The molecule has 0 bridgehead atoms. The van der Waals surface area contributed by atoms with Crippen LogP contribution < -0.4 is 9.47 Å². The van der Waals surface area contributed by atoms with E-state index in [0.717, 1.165) is 54.9 Å². The number of rotatable bonds is 10. The van der Waals surface area contributed by atoms with Crippen LogP contribution in [-0.2, 0) is 24.2 Å². The Kier molecular flexibility index (Phi) is 8.26. The van der Waals surface area contributed by atoms with Gasteiger partial charge in [0.15, 0.2) is 0 Å². The number of ether oxygens (including phenoxy) is 2. The van der Waals surface area contributed by atoms with Crippen molar-refractivity contribution in [2.45, 2.75) is 52.7 Å². The quantitative estimate of drug-likeness (QED) is 0.381. The molecule has 4 rings (SSSR count). The fourth-order valence-corrected chi connectivity index (χ4v) is 4.82. The molecule has 2 aromatic carbocycles. The molecule has 1 N–H and O–H groups in total. The summed E-state index contributed by atoms with van der Waals surface area (Å²) in [4.78, 5) is 18.0. The number of pyridine rings is 1. The van der Waals surface area contributed by atoms with Gasteiger partial charge in [0.05, 0.1) is 13.0 Å². The lowest BCUT2D eigenvalue weighted by atomic mass is 9.91. The molecule has 0 saturated carbocycles. The van der Waals surface area contributed by atoms with Crippen molar-refractivity contribution in [3.63, 3.8) is 0 Å². The van der Waals surface area contributed by atoms with Crippen molar-refractivity contribution >= 4 is 5.97 Å². The normalized spacial score (nSPS) is 15.8. The van der Waals surface area contributed by atoms with E-state index in [0.29, 0.717) is 12.3 Å². The molecule has 1 aliphatic rings. The van der Waals surface area contributed by atoms with E-state index in [1.165, 1.54) is 16.7 Å². The van der Waals surface area contributed by atoms with Crippen LogP contribution in [0.2, 0.25) is 0 Å². The standard InChI is InChI=1S/C30H36N2O4/c1-5-32(6-2)19-25-17-24(9-11-26(25)23-13-14-31-29(18-23)35-4)27-12-10-22-8-7-21(16-28(22)36-27)15-20(3)30(33)34/h7-9,11,13-14,16-18,20,27H,5-6,10,12,15,19H2,1-4H3,(H,33,34)/t20?,27-/m0/s1. The number of aliphatic carboxylic acids is 1. The van der Waals surface area contributed by atoms with Crippen molar-refractivity contribution < 1.29 is 19.4 Å². The summed E-state index contributed by atoms with van der Waals surface area (Å²) in [5.74, 6) is 0.267. The van der Waals surface area contributed by atoms with Crippen molar-refractivity contribution in [1.29, 1.82) is 0 Å². The van der Waals surface area contributed by atoms with E-state index in [-0.39, 0.29) is 6.10 Å². The van der Waals surface area contributed by atoms with E-state index < -0.39 is 11.9 Å². The SMILES string of the molecule is CCN(CC)Cc1cc([C@@H]2CCc3ccc(CC(C)C(=O)O)cc3O2)ccc1-c1ccnc(OC)c1.